The van der Waals surface area contributed by atoms with Gasteiger partial charge < -0.3 is 5.32 Å². The number of likely N-dealkylation sites (tertiary alicyclic amines) is 1. The molecule has 3 heterocycles. The van der Waals surface area contributed by atoms with E-state index in [0.717, 1.165) is 35.4 Å². The Morgan fingerprint density at radius 3 is 2.29 bits per heavy atom. The zero-order valence-corrected chi connectivity index (χ0v) is 23.0. The molecule has 3 unspecified atom stereocenters. The second-order valence-electron chi connectivity index (χ2n) is 10.5. The number of hydrogen-bond acceptors (Lipinski definition) is 5. The summed E-state index contributed by atoms with van der Waals surface area (Å²) >= 11 is 0. The molecular formula is C26H28F8N4O3S. The van der Waals surface area contributed by atoms with Crippen LogP contribution in [-0.4, -0.2) is 78.5 Å². The molecule has 2 aromatic rings. The van der Waals surface area contributed by atoms with Gasteiger partial charge in [-0.3, -0.25) is 14.7 Å². The zero-order valence-electron chi connectivity index (χ0n) is 22.2. The van der Waals surface area contributed by atoms with Crippen molar-refractivity contribution in [3.05, 3.63) is 59.4 Å². The third-order valence-corrected chi connectivity index (χ3v) is 9.63. The van der Waals surface area contributed by atoms with Crippen LogP contribution in [0.1, 0.15) is 43.4 Å². The summed E-state index contributed by atoms with van der Waals surface area (Å²) in [7, 11) is -4.40. The molecule has 2 fully saturated rings. The standard InChI is InChI=1S/C26H28F8N4O3S/c1-15-20(28)11-23(38(15)42(40,41)19-4-2-18(27)3-5-19)24(39)36-12-17-10-22(35-13-21(17)29)16-6-8-37(9-7-16)14-25(30,31)26(32,33)34/h2-5,10,13,15-16,20,23H,6-9,11-12,14H2,1H3,(H,36,39). The summed E-state index contributed by atoms with van der Waals surface area (Å²) in [6, 6.07) is 2.50. The number of piperidine rings is 1. The van der Waals surface area contributed by atoms with Crippen LogP contribution in [0, 0.1) is 11.6 Å². The second kappa shape index (κ2) is 12.0. The Morgan fingerprint density at radius 1 is 1.07 bits per heavy atom. The predicted octanol–water partition coefficient (Wildman–Crippen LogP) is 4.54. The van der Waals surface area contributed by atoms with Gasteiger partial charge in [-0.05, 0) is 63.2 Å². The molecule has 16 heteroatoms. The van der Waals surface area contributed by atoms with Gasteiger partial charge >= 0.3 is 12.1 Å². The molecule has 2 aliphatic heterocycles. The summed E-state index contributed by atoms with van der Waals surface area (Å²) in [6.45, 7) is -0.717. The summed E-state index contributed by atoms with van der Waals surface area (Å²) in [4.78, 5) is 17.7. The fourth-order valence-corrected chi connectivity index (χ4v) is 7.02. The van der Waals surface area contributed by atoms with Crippen molar-refractivity contribution < 1.29 is 48.3 Å². The Bertz CT molecular complexity index is 1380. The molecule has 232 valence electrons. The highest BCUT2D eigenvalue weighted by Gasteiger charge is 2.58. The maximum absolute atomic E-state index is 14.6. The van der Waals surface area contributed by atoms with Crippen LogP contribution in [0.3, 0.4) is 0 Å². The van der Waals surface area contributed by atoms with Crippen LogP contribution < -0.4 is 5.32 Å². The molecule has 1 aromatic carbocycles. The Balaban J connectivity index is 1.42. The molecule has 0 aliphatic carbocycles. The van der Waals surface area contributed by atoms with E-state index in [1.54, 1.807) is 0 Å². The van der Waals surface area contributed by atoms with Gasteiger partial charge in [0.25, 0.3) is 0 Å². The van der Waals surface area contributed by atoms with Gasteiger partial charge in [0.1, 0.15) is 23.8 Å². The van der Waals surface area contributed by atoms with Crippen LogP contribution >= 0.6 is 0 Å². The molecule has 4 rings (SSSR count). The molecule has 0 radical (unpaired) electrons. The van der Waals surface area contributed by atoms with Crippen LogP contribution in [0.2, 0.25) is 0 Å². The van der Waals surface area contributed by atoms with E-state index >= 15 is 0 Å². The molecule has 1 aromatic heterocycles. The van der Waals surface area contributed by atoms with Crippen molar-refractivity contribution in [1.82, 2.24) is 19.5 Å². The molecule has 0 spiro atoms. The highest BCUT2D eigenvalue weighted by molar-refractivity contribution is 7.89. The Morgan fingerprint density at radius 2 is 1.69 bits per heavy atom. The van der Waals surface area contributed by atoms with E-state index in [-0.39, 0.29) is 42.3 Å². The lowest BCUT2D eigenvalue weighted by molar-refractivity contribution is -0.287. The van der Waals surface area contributed by atoms with Gasteiger partial charge in [-0.25, -0.2) is 21.6 Å². The fraction of sp³-hybridized carbons (Fsp3) is 0.538. The van der Waals surface area contributed by atoms with E-state index in [1.165, 1.54) is 13.0 Å². The number of aromatic nitrogens is 1. The fourth-order valence-electron chi connectivity index (χ4n) is 5.21. The van der Waals surface area contributed by atoms with E-state index in [0.29, 0.717) is 10.00 Å². The molecule has 3 atom stereocenters. The smallest absolute Gasteiger partial charge is 0.351 e. The molecule has 1 N–H and O–H groups in total. The predicted molar refractivity (Wildman–Crippen MR) is 134 cm³/mol. The minimum atomic E-state index is -5.66. The van der Waals surface area contributed by atoms with E-state index in [2.05, 4.69) is 10.3 Å². The summed E-state index contributed by atoms with van der Waals surface area (Å²) in [5.74, 6) is -7.60. The third kappa shape index (κ3) is 6.70. The van der Waals surface area contributed by atoms with Crippen molar-refractivity contribution >= 4 is 15.9 Å². The Hall–Kier alpha value is -2.85. The van der Waals surface area contributed by atoms with Crippen LogP contribution in [-0.2, 0) is 21.4 Å². The van der Waals surface area contributed by atoms with E-state index in [9.17, 15) is 48.3 Å². The first kappa shape index (κ1) is 32.1. The highest BCUT2D eigenvalue weighted by Crippen LogP contribution is 2.38. The summed E-state index contributed by atoms with van der Waals surface area (Å²) in [5, 5.41) is 2.42. The number of halogens is 8. The monoisotopic (exact) mass is 628 g/mol. The minimum Gasteiger partial charge on any atom is -0.351 e. The van der Waals surface area contributed by atoms with Crippen LogP contribution in [0.25, 0.3) is 0 Å². The first-order valence-corrected chi connectivity index (χ1v) is 14.5. The molecular weight excluding hydrogens is 600 g/mol. The first-order valence-electron chi connectivity index (χ1n) is 13.0. The lowest BCUT2D eigenvalue weighted by Gasteiger charge is -2.34. The van der Waals surface area contributed by atoms with Crippen molar-refractivity contribution in [3.63, 3.8) is 0 Å². The number of amides is 1. The SMILES string of the molecule is CC1C(F)CC(C(=O)NCc2cc(C3CCN(CC(F)(F)C(F)(F)F)CC3)ncc2F)N1S(=O)(=O)c1ccc(F)cc1. The normalized spacial score (nSPS) is 23.3. The highest BCUT2D eigenvalue weighted by atomic mass is 32.2. The summed E-state index contributed by atoms with van der Waals surface area (Å²) in [6.07, 6.45) is -6.53. The summed E-state index contributed by atoms with van der Waals surface area (Å²) < 4.78 is 134. The maximum atomic E-state index is 14.6. The first-order chi connectivity index (χ1) is 19.5. The van der Waals surface area contributed by atoms with Crippen LogP contribution in [0.4, 0.5) is 35.1 Å². The van der Waals surface area contributed by atoms with Gasteiger partial charge in [0.05, 0.1) is 23.7 Å². The number of nitrogens with one attached hydrogen (secondary N) is 1. The number of rotatable bonds is 8. The zero-order chi connectivity index (χ0) is 31.0. The van der Waals surface area contributed by atoms with Crippen LogP contribution in [0.5, 0.6) is 0 Å². The van der Waals surface area contributed by atoms with E-state index < -0.39 is 77.4 Å². The Kier molecular flexibility index (Phi) is 9.19. The molecule has 1 amide bonds. The van der Waals surface area contributed by atoms with E-state index in [4.69, 9.17) is 0 Å². The summed E-state index contributed by atoms with van der Waals surface area (Å²) in [5.41, 5.74) is 0.317. The number of carbonyl (C=O) groups is 1. The average molecular weight is 629 g/mol. The molecule has 2 saturated heterocycles. The molecule has 2 aliphatic rings. The van der Waals surface area contributed by atoms with Crippen molar-refractivity contribution in [2.45, 2.75) is 73.9 Å². The van der Waals surface area contributed by atoms with Gasteiger partial charge in [0.15, 0.2) is 0 Å². The van der Waals surface area contributed by atoms with Gasteiger partial charge in [-0.2, -0.15) is 26.3 Å². The number of alkyl halides is 6. The number of nitrogens with zero attached hydrogens (tertiary/aromatic N) is 3. The molecule has 0 saturated carbocycles. The van der Waals surface area contributed by atoms with E-state index in [1.807, 2.05) is 0 Å². The quantitative estimate of drug-likeness (QED) is 0.435. The van der Waals surface area contributed by atoms with Crippen LogP contribution in [0.15, 0.2) is 41.4 Å². The number of pyridine rings is 1. The third-order valence-electron chi connectivity index (χ3n) is 7.62. The number of benzene rings is 1. The number of sulfonamides is 1. The topological polar surface area (TPSA) is 82.6 Å². The Labute approximate surface area is 236 Å². The maximum Gasteiger partial charge on any atom is 0.454 e. The molecule has 7 nitrogen and oxygen atoms in total. The lowest BCUT2D eigenvalue weighted by atomic mass is 9.92. The van der Waals surface area contributed by atoms with Gasteiger partial charge in [-0.1, -0.05) is 0 Å². The average Bonchev–Trinajstić information content (AvgIpc) is 3.22. The number of hydrogen-bond donors (Lipinski definition) is 1. The van der Waals surface area contributed by atoms with Gasteiger partial charge in [-0.15, -0.1) is 0 Å². The van der Waals surface area contributed by atoms with Crippen molar-refractivity contribution in [2.75, 3.05) is 19.6 Å². The van der Waals surface area contributed by atoms with Crippen molar-refractivity contribution in [1.29, 1.82) is 0 Å². The van der Waals surface area contributed by atoms with Crippen molar-refractivity contribution in [2.24, 2.45) is 0 Å². The molecule has 0 bridgehead atoms. The molecule has 42 heavy (non-hydrogen) atoms. The second-order valence-corrected chi connectivity index (χ2v) is 12.3. The van der Waals surface area contributed by atoms with Crippen molar-refractivity contribution in [3.8, 4) is 0 Å². The lowest BCUT2D eigenvalue weighted by Crippen LogP contribution is -2.49. The van der Waals surface area contributed by atoms with Gasteiger partial charge in [0.2, 0.25) is 15.9 Å². The minimum absolute atomic E-state index is 0.0323. The number of carbonyl (C=O) groups excluding carboxylic acids is 1. The van der Waals surface area contributed by atoms with Gasteiger partial charge in [0, 0.05) is 30.1 Å². The largest absolute Gasteiger partial charge is 0.454 e.